The second-order valence-corrected chi connectivity index (χ2v) is 6.72. The fourth-order valence-electron chi connectivity index (χ4n) is 2.39. The Labute approximate surface area is 154 Å². The number of hydrogen-bond acceptors (Lipinski definition) is 6. The van der Waals surface area contributed by atoms with Gasteiger partial charge in [-0.1, -0.05) is 6.07 Å². The minimum Gasteiger partial charge on any atom is -0.505 e. The van der Waals surface area contributed by atoms with Crippen molar-refractivity contribution in [3.63, 3.8) is 0 Å². The molecule has 3 N–H and O–H groups in total. The van der Waals surface area contributed by atoms with E-state index in [1.54, 1.807) is 12.4 Å². The second kappa shape index (κ2) is 6.99. The molecular formula is C19H18N4O4. The minimum atomic E-state index is -1.13. The molecule has 0 spiro atoms. The molecular weight excluding hydrogens is 348 g/mol. The van der Waals surface area contributed by atoms with Crippen molar-refractivity contribution in [1.29, 1.82) is 0 Å². The maximum atomic E-state index is 12.2. The van der Waals surface area contributed by atoms with Crippen molar-refractivity contribution in [3.8, 4) is 16.9 Å². The Morgan fingerprint density at radius 2 is 1.74 bits per heavy atom. The number of fused-ring (bicyclic) bond motifs is 1. The Kier molecular flexibility index (Phi) is 4.72. The van der Waals surface area contributed by atoms with Gasteiger partial charge >= 0.3 is 5.97 Å². The van der Waals surface area contributed by atoms with Crippen LogP contribution in [0.5, 0.6) is 5.75 Å². The Morgan fingerprint density at radius 1 is 1.04 bits per heavy atom. The average molecular weight is 366 g/mol. The van der Waals surface area contributed by atoms with Crippen LogP contribution in [-0.2, 0) is 4.79 Å². The SMILES string of the molecule is CC(C)(CNC(=O)c1ncc(-c2ccc3nccnc3c2)cc1O)C(=O)O. The summed E-state index contributed by atoms with van der Waals surface area (Å²) in [5.41, 5.74) is 1.53. The Morgan fingerprint density at radius 3 is 2.41 bits per heavy atom. The third-order valence-electron chi connectivity index (χ3n) is 4.16. The van der Waals surface area contributed by atoms with Gasteiger partial charge in [-0.05, 0) is 37.6 Å². The highest BCUT2D eigenvalue weighted by Gasteiger charge is 2.28. The number of hydrogen-bond donors (Lipinski definition) is 3. The van der Waals surface area contributed by atoms with E-state index in [1.165, 1.54) is 26.1 Å². The largest absolute Gasteiger partial charge is 0.505 e. The van der Waals surface area contributed by atoms with E-state index in [1.807, 2.05) is 18.2 Å². The highest BCUT2D eigenvalue weighted by atomic mass is 16.4. The van der Waals surface area contributed by atoms with E-state index in [0.29, 0.717) is 11.1 Å². The lowest BCUT2D eigenvalue weighted by atomic mass is 9.94. The quantitative estimate of drug-likeness (QED) is 0.632. The molecule has 8 nitrogen and oxygen atoms in total. The summed E-state index contributed by atoms with van der Waals surface area (Å²) < 4.78 is 0. The molecule has 1 aromatic carbocycles. The monoisotopic (exact) mass is 366 g/mol. The molecule has 27 heavy (non-hydrogen) atoms. The molecule has 0 saturated carbocycles. The van der Waals surface area contributed by atoms with Crippen LogP contribution in [0.3, 0.4) is 0 Å². The third-order valence-corrected chi connectivity index (χ3v) is 4.16. The van der Waals surface area contributed by atoms with Crippen LogP contribution in [0, 0.1) is 5.41 Å². The van der Waals surface area contributed by atoms with Gasteiger partial charge in [0.1, 0.15) is 5.75 Å². The molecule has 0 aliphatic heterocycles. The molecule has 3 rings (SSSR count). The summed E-state index contributed by atoms with van der Waals surface area (Å²) in [6.07, 6.45) is 4.66. The lowest BCUT2D eigenvalue weighted by Gasteiger charge is -2.19. The number of aromatic hydroxyl groups is 1. The fraction of sp³-hybridized carbons (Fsp3) is 0.211. The number of carbonyl (C=O) groups is 2. The molecule has 2 aromatic heterocycles. The van der Waals surface area contributed by atoms with Crippen LogP contribution in [-0.4, -0.2) is 43.6 Å². The van der Waals surface area contributed by atoms with E-state index >= 15 is 0 Å². The number of carbonyl (C=O) groups excluding carboxylic acids is 1. The molecule has 2 heterocycles. The van der Waals surface area contributed by atoms with Gasteiger partial charge < -0.3 is 15.5 Å². The van der Waals surface area contributed by atoms with E-state index in [-0.39, 0.29) is 18.0 Å². The molecule has 0 bridgehead atoms. The Hall–Kier alpha value is -3.55. The molecule has 0 aliphatic carbocycles. The van der Waals surface area contributed by atoms with E-state index in [2.05, 4.69) is 20.3 Å². The molecule has 0 atom stereocenters. The maximum Gasteiger partial charge on any atom is 0.310 e. The number of aromatic nitrogens is 3. The predicted octanol–water partition coefficient (Wildman–Crippen LogP) is 2.24. The summed E-state index contributed by atoms with van der Waals surface area (Å²) in [7, 11) is 0. The van der Waals surface area contributed by atoms with Gasteiger partial charge in [-0.2, -0.15) is 0 Å². The zero-order chi connectivity index (χ0) is 19.6. The predicted molar refractivity (Wildman–Crippen MR) is 98.2 cm³/mol. The second-order valence-electron chi connectivity index (χ2n) is 6.72. The third kappa shape index (κ3) is 3.84. The van der Waals surface area contributed by atoms with Crippen LogP contribution in [0.4, 0.5) is 0 Å². The number of rotatable bonds is 5. The lowest BCUT2D eigenvalue weighted by Crippen LogP contribution is -2.39. The first-order valence-electron chi connectivity index (χ1n) is 8.20. The molecule has 0 saturated heterocycles. The van der Waals surface area contributed by atoms with Crippen LogP contribution < -0.4 is 5.32 Å². The van der Waals surface area contributed by atoms with E-state index in [9.17, 15) is 14.7 Å². The molecule has 0 fully saturated rings. The standard InChI is InChI=1S/C19H18N4O4/c1-19(2,18(26)27)10-23-17(25)16-15(24)8-12(9-22-16)11-3-4-13-14(7-11)21-6-5-20-13/h3-9,24H,10H2,1-2H3,(H,23,25)(H,26,27). The average Bonchev–Trinajstić information content (AvgIpc) is 2.65. The number of amides is 1. The van der Waals surface area contributed by atoms with Crippen molar-refractivity contribution in [1.82, 2.24) is 20.3 Å². The number of carboxylic acids is 1. The van der Waals surface area contributed by atoms with Crippen LogP contribution in [0.25, 0.3) is 22.2 Å². The van der Waals surface area contributed by atoms with Gasteiger partial charge in [-0.25, -0.2) is 4.98 Å². The summed E-state index contributed by atoms with van der Waals surface area (Å²) >= 11 is 0. The van der Waals surface area contributed by atoms with E-state index < -0.39 is 17.3 Å². The normalized spacial score (nSPS) is 11.3. The highest BCUT2D eigenvalue weighted by Crippen LogP contribution is 2.26. The first-order chi connectivity index (χ1) is 12.8. The molecule has 138 valence electrons. The molecule has 0 aliphatic rings. The van der Waals surface area contributed by atoms with Gasteiger partial charge in [0.25, 0.3) is 5.91 Å². The van der Waals surface area contributed by atoms with Gasteiger partial charge in [-0.3, -0.25) is 19.6 Å². The van der Waals surface area contributed by atoms with Crippen molar-refractivity contribution >= 4 is 22.9 Å². The summed E-state index contributed by atoms with van der Waals surface area (Å²) in [6, 6.07) is 6.88. The van der Waals surface area contributed by atoms with Crippen molar-refractivity contribution in [2.75, 3.05) is 6.54 Å². The van der Waals surface area contributed by atoms with E-state index in [4.69, 9.17) is 5.11 Å². The van der Waals surface area contributed by atoms with Crippen LogP contribution >= 0.6 is 0 Å². The zero-order valence-electron chi connectivity index (χ0n) is 14.8. The number of pyridine rings is 1. The smallest absolute Gasteiger partial charge is 0.310 e. The van der Waals surface area contributed by atoms with Crippen LogP contribution in [0.2, 0.25) is 0 Å². The van der Waals surface area contributed by atoms with Gasteiger partial charge in [0.2, 0.25) is 0 Å². The first kappa shape index (κ1) is 18.2. The van der Waals surface area contributed by atoms with Gasteiger partial charge in [0, 0.05) is 30.7 Å². The van der Waals surface area contributed by atoms with Crippen LogP contribution in [0.1, 0.15) is 24.3 Å². The van der Waals surface area contributed by atoms with Crippen LogP contribution in [0.15, 0.2) is 42.9 Å². The van der Waals surface area contributed by atoms with Gasteiger partial charge in [-0.15, -0.1) is 0 Å². The lowest BCUT2D eigenvalue weighted by molar-refractivity contribution is -0.146. The zero-order valence-corrected chi connectivity index (χ0v) is 14.8. The van der Waals surface area contributed by atoms with Gasteiger partial charge in [0.05, 0.1) is 16.4 Å². The van der Waals surface area contributed by atoms with Crippen molar-refractivity contribution < 1.29 is 19.8 Å². The number of nitrogens with zero attached hydrogens (tertiary/aromatic N) is 3. The Balaban J connectivity index is 1.82. The molecule has 0 unspecified atom stereocenters. The summed E-state index contributed by atoms with van der Waals surface area (Å²) in [4.78, 5) is 35.8. The maximum absolute atomic E-state index is 12.2. The number of carboxylic acid groups (broad SMARTS) is 1. The summed E-state index contributed by atoms with van der Waals surface area (Å²) in [5, 5.41) is 21.8. The highest BCUT2D eigenvalue weighted by molar-refractivity contribution is 5.95. The van der Waals surface area contributed by atoms with Crippen molar-refractivity contribution in [3.05, 3.63) is 48.5 Å². The fourth-order valence-corrected chi connectivity index (χ4v) is 2.39. The number of nitrogens with one attached hydrogen (secondary N) is 1. The van der Waals surface area contributed by atoms with Gasteiger partial charge in [0.15, 0.2) is 5.69 Å². The Bertz CT molecular complexity index is 1030. The number of aliphatic carboxylic acids is 1. The van der Waals surface area contributed by atoms with Crippen molar-refractivity contribution in [2.45, 2.75) is 13.8 Å². The molecule has 8 heteroatoms. The molecule has 0 radical (unpaired) electrons. The molecule has 1 amide bonds. The van der Waals surface area contributed by atoms with Crippen molar-refractivity contribution in [2.24, 2.45) is 5.41 Å². The summed E-state index contributed by atoms with van der Waals surface area (Å²) in [5.74, 6) is -1.97. The van der Waals surface area contributed by atoms with E-state index in [0.717, 1.165) is 11.1 Å². The minimum absolute atomic E-state index is 0.0899. The number of benzene rings is 1. The molecule has 3 aromatic rings. The first-order valence-corrected chi connectivity index (χ1v) is 8.20. The summed E-state index contributed by atoms with van der Waals surface area (Å²) in [6.45, 7) is 2.90. The topological polar surface area (TPSA) is 125 Å².